The Morgan fingerprint density at radius 3 is 2.17 bits per heavy atom. The second-order valence-electron chi connectivity index (χ2n) is 1.91. The third-order valence-electron chi connectivity index (χ3n) is 1.01. The molecule has 1 N–H and O–H groups in total. The molecule has 1 atom stereocenters. The minimum Gasteiger partial charge on any atom is -0.303 e. The molecule has 0 saturated carbocycles. The summed E-state index contributed by atoms with van der Waals surface area (Å²) in [5.41, 5.74) is 0. The molecule has 4 nitrogen and oxygen atoms in total. The predicted molar refractivity (Wildman–Crippen MR) is 32.1 cm³/mol. The molecule has 0 aliphatic rings. The Hall–Kier alpha value is -0.630. The molecular weight excluding hydrogens is 201 g/mol. The van der Waals surface area contributed by atoms with Crippen LogP contribution in [0.5, 0.6) is 0 Å². The molecule has 0 amide bonds. The Balaban J connectivity index is 4.73. The van der Waals surface area contributed by atoms with Gasteiger partial charge in [-0.05, 0) is 0 Å². The fraction of sp³-hybridized carbons (Fsp3) is 0.750. The highest BCUT2D eigenvalue weighted by molar-refractivity contribution is 7.86. The van der Waals surface area contributed by atoms with Gasteiger partial charge in [-0.25, -0.2) is 4.39 Å². The molecule has 0 bridgehead atoms. The molecule has 0 rings (SSSR count). The quantitative estimate of drug-likeness (QED) is 0.533. The van der Waals surface area contributed by atoms with Crippen molar-refractivity contribution in [3.8, 4) is 0 Å². The standard InChI is InChI=1S/C4H5F3O4S/c5-3(1-2-8)4(6,7)12(9,10)11/h2-3H,1H2,(H,9,10,11). The lowest BCUT2D eigenvalue weighted by atomic mass is 10.3. The first-order chi connectivity index (χ1) is 5.23. The van der Waals surface area contributed by atoms with E-state index in [0.717, 1.165) is 0 Å². The van der Waals surface area contributed by atoms with Crippen LogP contribution >= 0.6 is 0 Å². The Morgan fingerprint density at radius 2 is 1.92 bits per heavy atom. The lowest BCUT2D eigenvalue weighted by molar-refractivity contribution is -0.111. The summed E-state index contributed by atoms with van der Waals surface area (Å²) < 4.78 is 63.9. The molecule has 0 heterocycles. The molecule has 72 valence electrons. The average molecular weight is 206 g/mol. The zero-order chi connectivity index (χ0) is 9.99. The van der Waals surface area contributed by atoms with E-state index < -0.39 is 28.0 Å². The van der Waals surface area contributed by atoms with E-state index in [4.69, 9.17) is 4.55 Å². The van der Waals surface area contributed by atoms with Gasteiger partial charge in [-0.2, -0.15) is 17.2 Å². The second kappa shape index (κ2) is 3.40. The van der Waals surface area contributed by atoms with Crippen LogP contribution < -0.4 is 0 Å². The van der Waals surface area contributed by atoms with Crippen molar-refractivity contribution in [2.24, 2.45) is 0 Å². The maximum absolute atomic E-state index is 12.2. The normalized spacial score (nSPS) is 15.7. The molecule has 8 heteroatoms. The third kappa shape index (κ3) is 2.18. The molecule has 1 unspecified atom stereocenters. The van der Waals surface area contributed by atoms with Crippen molar-refractivity contribution >= 4 is 16.4 Å². The van der Waals surface area contributed by atoms with Crippen LogP contribution in [0.2, 0.25) is 0 Å². The number of hydrogen-bond donors (Lipinski definition) is 1. The fourth-order valence-electron chi connectivity index (χ4n) is 0.383. The van der Waals surface area contributed by atoms with Crippen molar-refractivity contribution in [1.82, 2.24) is 0 Å². The van der Waals surface area contributed by atoms with Crippen molar-refractivity contribution in [2.45, 2.75) is 17.8 Å². The molecule has 0 aromatic carbocycles. The number of rotatable bonds is 4. The highest BCUT2D eigenvalue weighted by Crippen LogP contribution is 2.28. The first-order valence-electron chi connectivity index (χ1n) is 2.66. The SMILES string of the molecule is O=CCC(F)C(F)(F)S(=O)(=O)O. The molecule has 0 spiro atoms. The van der Waals surface area contributed by atoms with Crippen molar-refractivity contribution in [2.75, 3.05) is 0 Å². The van der Waals surface area contributed by atoms with Crippen LogP contribution in [0.3, 0.4) is 0 Å². The summed E-state index contributed by atoms with van der Waals surface area (Å²) in [7, 11) is -5.79. The Morgan fingerprint density at radius 1 is 1.50 bits per heavy atom. The number of halogens is 3. The number of carbonyl (C=O) groups excluding carboxylic acids is 1. The lowest BCUT2D eigenvalue weighted by Crippen LogP contribution is -2.38. The predicted octanol–water partition coefficient (Wildman–Crippen LogP) is 0.394. The van der Waals surface area contributed by atoms with Gasteiger partial charge in [0.15, 0.2) is 6.17 Å². The lowest BCUT2D eigenvalue weighted by Gasteiger charge is -2.14. The Labute approximate surface area is 66.1 Å². The summed E-state index contributed by atoms with van der Waals surface area (Å²) in [4.78, 5) is 9.54. The van der Waals surface area contributed by atoms with Crippen molar-refractivity contribution in [3.05, 3.63) is 0 Å². The van der Waals surface area contributed by atoms with E-state index in [9.17, 15) is 26.4 Å². The highest BCUT2D eigenvalue weighted by Gasteiger charge is 2.52. The monoisotopic (exact) mass is 206 g/mol. The number of carbonyl (C=O) groups is 1. The minimum atomic E-state index is -5.79. The minimum absolute atomic E-state index is 0.205. The van der Waals surface area contributed by atoms with Gasteiger partial charge >= 0.3 is 15.4 Å². The first-order valence-corrected chi connectivity index (χ1v) is 4.10. The summed E-state index contributed by atoms with van der Waals surface area (Å²) in [5, 5.41) is -4.92. The van der Waals surface area contributed by atoms with E-state index in [1.807, 2.05) is 0 Å². The fourth-order valence-corrected chi connectivity index (χ4v) is 0.803. The maximum atomic E-state index is 12.2. The van der Waals surface area contributed by atoms with Crippen molar-refractivity contribution < 1.29 is 30.9 Å². The van der Waals surface area contributed by atoms with E-state index in [0.29, 0.717) is 0 Å². The Kier molecular flexibility index (Phi) is 3.22. The summed E-state index contributed by atoms with van der Waals surface area (Å²) in [6, 6.07) is 0. The number of alkyl halides is 3. The van der Waals surface area contributed by atoms with Crippen LogP contribution in [-0.2, 0) is 14.9 Å². The highest BCUT2D eigenvalue weighted by atomic mass is 32.2. The van der Waals surface area contributed by atoms with Gasteiger partial charge in [-0.3, -0.25) is 4.55 Å². The maximum Gasteiger partial charge on any atom is 0.400 e. The van der Waals surface area contributed by atoms with Gasteiger partial charge in [0.2, 0.25) is 0 Å². The molecular formula is C4H5F3O4S. The number of hydrogen-bond acceptors (Lipinski definition) is 3. The van der Waals surface area contributed by atoms with E-state index in [1.165, 1.54) is 0 Å². The molecule has 0 aliphatic carbocycles. The molecule has 0 aromatic heterocycles. The van der Waals surface area contributed by atoms with Crippen LogP contribution in [0.15, 0.2) is 0 Å². The van der Waals surface area contributed by atoms with Crippen LogP contribution in [0.4, 0.5) is 13.2 Å². The third-order valence-corrected chi connectivity index (χ3v) is 1.96. The van der Waals surface area contributed by atoms with E-state index in [-0.39, 0.29) is 6.29 Å². The van der Waals surface area contributed by atoms with Crippen LogP contribution in [0.1, 0.15) is 6.42 Å². The van der Waals surface area contributed by atoms with Crippen LogP contribution in [0, 0.1) is 0 Å². The summed E-state index contributed by atoms with van der Waals surface area (Å²) in [6.07, 6.45) is -4.71. The van der Waals surface area contributed by atoms with Crippen molar-refractivity contribution in [3.63, 3.8) is 0 Å². The number of aldehydes is 1. The van der Waals surface area contributed by atoms with Crippen LogP contribution in [0.25, 0.3) is 0 Å². The molecule has 0 radical (unpaired) electrons. The smallest absolute Gasteiger partial charge is 0.303 e. The van der Waals surface area contributed by atoms with Gasteiger partial charge < -0.3 is 4.79 Å². The molecule has 0 saturated heterocycles. The van der Waals surface area contributed by atoms with Gasteiger partial charge in [0, 0.05) is 6.42 Å². The van der Waals surface area contributed by atoms with Gasteiger partial charge in [0.25, 0.3) is 0 Å². The first kappa shape index (κ1) is 11.4. The summed E-state index contributed by atoms with van der Waals surface area (Å²) in [5.74, 6) is 0. The molecule has 0 aromatic rings. The van der Waals surface area contributed by atoms with E-state index in [2.05, 4.69) is 0 Å². The zero-order valence-corrected chi connectivity index (χ0v) is 6.39. The summed E-state index contributed by atoms with van der Waals surface area (Å²) >= 11 is 0. The summed E-state index contributed by atoms with van der Waals surface area (Å²) in [6.45, 7) is 0. The topological polar surface area (TPSA) is 71.4 Å². The van der Waals surface area contributed by atoms with Crippen molar-refractivity contribution in [1.29, 1.82) is 0 Å². The molecule has 0 aliphatic heterocycles. The molecule has 0 fully saturated rings. The average Bonchev–Trinajstić information content (AvgIpc) is 1.85. The van der Waals surface area contributed by atoms with Gasteiger partial charge in [-0.1, -0.05) is 0 Å². The van der Waals surface area contributed by atoms with Crippen LogP contribution in [-0.4, -0.2) is 30.7 Å². The molecule has 12 heavy (non-hydrogen) atoms. The largest absolute Gasteiger partial charge is 0.400 e. The zero-order valence-electron chi connectivity index (χ0n) is 5.58. The van der Waals surface area contributed by atoms with Gasteiger partial charge in [0.05, 0.1) is 0 Å². The van der Waals surface area contributed by atoms with Gasteiger partial charge in [-0.15, -0.1) is 0 Å². The Bertz CT molecular complexity index is 259. The van der Waals surface area contributed by atoms with E-state index >= 15 is 0 Å². The second-order valence-corrected chi connectivity index (χ2v) is 3.40. The van der Waals surface area contributed by atoms with Gasteiger partial charge in [0.1, 0.15) is 6.29 Å². The van der Waals surface area contributed by atoms with E-state index in [1.54, 1.807) is 0 Å².